The Morgan fingerprint density at radius 3 is 2.42 bits per heavy atom. The standard InChI is InChI=1S/C21H26N2O3/c1-15-9-6-7-10-17(15)14-23(5)19(24)16-11-8-12-18(13-16)22-20(25)26-21(2,3)4/h6-13H,14H2,1-5H3,(H,22,25). The SMILES string of the molecule is Cc1ccccc1CN(C)C(=O)c1cccc(NC(=O)OC(C)(C)C)c1. The number of anilines is 1. The van der Waals surface area contributed by atoms with E-state index in [0.717, 1.165) is 11.1 Å². The minimum atomic E-state index is -0.578. The Morgan fingerprint density at radius 2 is 1.77 bits per heavy atom. The third-order valence-electron chi connectivity index (χ3n) is 3.77. The van der Waals surface area contributed by atoms with E-state index in [9.17, 15) is 9.59 Å². The topological polar surface area (TPSA) is 58.6 Å². The summed E-state index contributed by atoms with van der Waals surface area (Å²) in [6.07, 6.45) is -0.546. The van der Waals surface area contributed by atoms with Crippen molar-refractivity contribution in [1.82, 2.24) is 4.90 Å². The fourth-order valence-corrected chi connectivity index (χ4v) is 2.49. The van der Waals surface area contributed by atoms with E-state index in [1.165, 1.54) is 0 Å². The fourth-order valence-electron chi connectivity index (χ4n) is 2.49. The summed E-state index contributed by atoms with van der Waals surface area (Å²) in [7, 11) is 1.77. The molecule has 0 bridgehead atoms. The van der Waals surface area contributed by atoms with Gasteiger partial charge in [0.05, 0.1) is 0 Å². The lowest BCUT2D eigenvalue weighted by Gasteiger charge is -2.20. The maximum absolute atomic E-state index is 12.7. The van der Waals surface area contributed by atoms with Crippen LogP contribution in [0.4, 0.5) is 10.5 Å². The summed E-state index contributed by atoms with van der Waals surface area (Å²) >= 11 is 0. The van der Waals surface area contributed by atoms with Crippen molar-refractivity contribution in [2.45, 2.75) is 39.8 Å². The highest BCUT2D eigenvalue weighted by Crippen LogP contribution is 2.16. The summed E-state index contributed by atoms with van der Waals surface area (Å²) < 4.78 is 5.24. The van der Waals surface area contributed by atoms with Crippen molar-refractivity contribution in [1.29, 1.82) is 0 Å². The van der Waals surface area contributed by atoms with Crippen molar-refractivity contribution in [3.05, 3.63) is 65.2 Å². The lowest BCUT2D eigenvalue weighted by atomic mass is 10.1. The van der Waals surface area contributed by atoms with Gasteiger partial charge in [0, 0.05) is 24.8 Å². The maximum atomic E-state index is 12.7. The minimum Gasteiger partial charge on any atom is -0.444 e. The molecule has 2 aromatic rings. The Morgan fingerprint density at radius 1 is 1.08 bits per heavy atom. The highest BCUT2D eigenvalue weighted by Gasteiger charge is 2.17. The quantitative estimate of drug-likeness (QED) is 0.872. The molecule has 0 aliphatic rings. The first-order chi connectivity index (χ1) is 12.2. The van der Waals surface area contributed by atoms with Gasteiger partial charge in [-0.05, 0) is 57.0 Å². The van der Waals surface area contributed by atoms with Gasteiger partial charge >= 0.3 is 6.09 Å². The van der Waals surface area contributed by atoms with E-state index in [2.05, 4.69) is 5.32 Å². The van der Waals surface area contributed by atoms with Crippen molar-refractivity contribution in [3.8, 4) is 0 Å². The van der Waals surface area contributed by atoms with Crippen molar-refractivity contribution >= 4 is 17.7 Å². The highest BCUT2D eigenvalue weighted by atomic mass is 16.6. The minimum absolute atomic E-state index is 0.110. The monoisotopic (exact) mass is 354 g/mol. The van der Waals surface area contributed by atoms with Crippen LogP contribution in [0, 0.1) is 6.92 Å². The smallest absolute Gasteiger partial charge is 0.412 e. The van der Waals surface area contributed by atoms with Crippen molar-refractivity contribution < 1.29 is 14.3 Å². The van der Waals surface area contributed by atoms with E-state index in [0.29, 0.717) is 17.8 Å². The number of carbonyl (C=O) groups excluding carboxylic acids is 2. The van der Waals surface area contributed by atoms with E-state index < -0.39 is 11.7 Å². The Balaban J connectivity index is 2.07. The average molecular weight is 354 g/mol. The molecular formula is C21H26N2O3. The van der Waals surface area contributed by atoms with E-state index in [4.69, 9.17) is 4.74 Å². The van der Waals surface area contributed by atoms with Gasteiger partial charge in [-0.2, -0.15) is 0 Å². The lowest BCUT2D eigenvalue weighted by Crippen LogP contribution is -2.28. The van der Waals surface area contributed by atoms with E-state index in [-0.39, 0.29) is 5.91 Å². The van der Waals surface area contributed by atoms with Gasteiger partial charge in [0.1, 0.15) is 5.60 Å². The Kier molecular flexibility index (Phi) is 6.03. The Hall–Kier alpha value is -2.82. The highest BCUT2D eigenvalue weighted by molar-refractivity contribution is 5.96. The first-order valence-corrected chi connectivity index (χ1v) is 8.56. The number of rotatable bonds is 4. The molecule has 1 N–H and O–H groups in total. The molecule has 0 atom stereocenters. The second kappa shape index (κ2) is 8.04. The van der Waals surface area contributed by atoms with Gasteiger partial charge in [-0.15, -0.1) is 0 Å². The molecule has 0 heterocycles. The van der Waals surface area contributed by atoms with Crippen molar-refractivity contribution in [2.24, 2.45) is 0 Å². The summed E-state index contributed by atoms with van der Waals surface area (Å²) in [6.45, 7) is 7.95. The van der Waals surface area contributed by atoms with Crippen LogP contribution in [-0.2, 0) is 11.3 Å². The van der Waals surface area contributed by atoms with Crippen LogP contribution in [0.2, 0.25) is 0 Å². The number of amides is 2. The second-order valence-electron chi connectivity index (χ2n) is 7.30. The van der Waals surface area contributed by atoms with Crippen LogP contribution in [0.25, 0.3) is 0 Å². The van der Waals surface area contributed by atoms with E-state index in [1.807, 2.05) is 31.2 Å². The van der Waals surface area contributed by atoms with Gasteiger partial charge in [0.15, 0.2) is 0 Å². The number of hydrogen-bond donors (Lipinski definition) is 1. The van der Waals surface area contributed by atoms with Crippen LogP contribution in [0.3, 0.4) is 0 Å². The molecule has 0 saturated heterocycles. The van der Waals surface area contributed by atoms with Crippen LogP contribution in [0.1, 0.15) is 42.3 Å². The molecule has 2 aromatic carbocycles. The zero-order chi connectivity index (χ0) is 19.3. The molecule has 0 aliphatic carbocycles. The van der Waals surface area contributed by atoms with Crippen LogP contribution < -0.4 is 5.32 Å². The summed E-state index contributed by atoms with van der Waals surface area (Å²) in [6, 6.07) is 14.8. The number of ether oxygens (including phenoxy) is 1. The average Bonchev–Trinajstić information content (AvgIpc) is 2.54. The molecule has 138 valence electrons. The summed E-state index contributed by atoms with van der Waals surface area (Å²) in [5, 5.41) is 2.66. The molecular weight excluding hydrogens is 328 g/mol. The van der Waals surface area contributed by atoms with Crippen LogP contribution in [0.15, 0.2) is 48.5 Å². The molecule has 0 unspecified atom stereocenters. The van der Waals surface area contributed by atoms with Gasteiger partial charge in [-0.1, -0.05) is 30.3 Å². The van der Waals surface area contributed by atoms with Crippen LogP contribution in [0.5, 0.6) is 0 Å². The third kappa shape index (κ3) is 5.62. The largest absolute Gasteiger partial charge is 0.444 e. The Bertz CT molecular complexity index is 794. The first kappa shape index (κ1) is 19.5. The van der Waals surface area contributed by atoms with Gasteiger partial charge in [0.2, 0.25) is 0 Å². The molecule has 0 spiro atoms. The Labute approximate surface area is 155 Å². The van der Waals surface area contributed by atoms with Gasteiger partial charge in [0.25, 0.3) is 5.91 Å². The predicted octanol–water partition coefficient (Wildman–Crippen LogP) is 4.61. The van der Waals surface area contributed by atoms with Crippen LogP contribution in [-0.4, -0.2) is 29.5 Å². The molecule has 0 aliphatic heterocycles. The molecule has 26 heavy (non-hydrogen) atoms. The zero-order valence-electron chi connectivity index (χ0n) is 16.0. The number of benzene rings is 2. The normalized spacial score (nSPS) is 11.0. The number of nitrogens with zero attached hydrogens (tertiary/aromatic N) is 1. The predicted molar refractivity (Wildman–Crippen MR) is 103 cm³/mol. The summed E-state index contributed by atoms with van der Waals surface area (Å²) in [5.74, 6) is -0.110. The molecule has 0 fully saturated rings. The van der Waals surface area contributed by atoms with Crippen molar-refractivity contribution in [2.75, 3.05) is 12.4 Å². The summed E-state index contributed by atoms with van der Waals surface area (Å²) in [5.41, 5.74) is 2.70. The first-order valence-electron chi connectivity index (χ1n) is 8.56. The molecule has 2 rings (SSSR count). The van der Waals surface area contributed by atoms with Gasteiger partial charge < -0.3 is 9.64 Å². The van der Waals surface area contributed by atoms with Crippen LogP contribution >= 0.6 is 0 Å². The number of nitrogens with one attached hydrogen (secondary N) is 1. The van der Waals surface area contributed by atoms with Gasteiger partial charge in [-0.25, -0.2) is 4.79 Å². The molecule has 0 radical (unpaired) electrons. The molecule has 0 saturated carbocycles. The zero-order valence-corrected chi connectivity index (χ0v) is 16.0. The molecule has 5 heteroatoms. The van der Waals surface area contributed by atoms with Crippen molar-refractivity contribution in [3.63, 3.8) is 0 Å². The van der Waals surface area contributed by atoms with E-state index >= 15 is 0 Å². The maximum Gasteiger partial charge on any atom is 0.412 e. The number of hydrogen-bond acceptors (Lipinski definition) is 3. The lowest BCUT2D eigenvalue weighted by molar-refractivity contribution is 0.0635. The van der Waals surface area contributed by atoms with Gasteiger partial charge in [-0.3, -0.25) is 10.1 Å². The molecule has 5 nitrogen and oxygen atoms in total. The molecule has 2 amide bonds. The number of aryl methyl sites for hydroxylation is 1. The van der Waals surface area contributed by atoms with E-state index in [1.54, 1.807) is 57.0 Å². The fraction of sp³-hybridized carbons (Fsp3) is 0.333. The summed E-state index contributed by atoms with van der Waals surface area (Å²) in [4.78, 5) is 26.3. The molecule has 0 aromatic heterocycles. The second-order valence-corrected chi connectivity index (χ2v) is 7.30. The third-order valence-corrected chi connectivity index (χ3v) is 3.77. The number of carbonyl (C=O) groups is 2.